The highest BCUT2D eigenvalue weighted by atomic mass is 79.9. The van der Waals surface area contributed by atoms with Gasteiger partial charge in [0.05, 0.1) is 12.6 Å². The molecule has 3 nitrogen and oxygen atoms in total. The van der Waals surface area contributed by atoms with Crippen molar-refractivity contribution in [2.75, 3.05) is 11.4 Å². The number of hydrogen-bond donors (Lipinski definition) is 1. The highest BCUT2D eigenvalue weighted by molar-refractivity contribution is 9.10. The second-order valence-electron chi connectivity index (χ2n) is 5.06. The number of benzene rings is 2. The van der Waals surface area contributed by atoms with Gasteiger partial charge in [0.2, 0.25) is 0 Å². The lowest BCUT2D eigenvalue weighted by Crippen LogP contribution is -2.42. The maximum Gasteiger partial charge on any atom is 0.258 e. The van der Waals surface area contributed by atoms with Gasteiger partial charge in [-0.05, 0) is 42.0 Å². The fourth-order valence-electron chi connectivity index (χ4n) is 2.58. The van der Waals surface area contributed by atoms with Crippen molar-refractivity contribution in [1.29, 1.82) is 0 Å². The first-order chi connectivity index (χ1) is 10.0. The van der Waals surface area contributed by atoms with Gasteiger partial charge in [0, 0.05) is 27.2 Å². The number of nitrogens with zero attached hydrogens (tertiary/aromatic N) is 1. The fourth-order valence-corrected chi connectivity index (χ4v) is 3.18. The molecule has 21 heavy (non-hydrogen) atoms. The number of amides is 1. The molecule has 2 aromatic rings. The van der Waals surface area contributed by atoms with E-state index in [2.05, 4.69) is 15.9 Å². The third kappa shape index (κ3) is 2.98. The Morgan fingerprint density at radius 2 is 2.10 bits per heavy atom. The largest absolute Gasteiger partial charge is 0.391 e. The van der Waals surface area contributed by atoms with Crippen molar-refractivity contribution in [2.45, 2.75) is 12.5 Å². The summed E-state index contributed by atoms with van der Waals surface area (Å²) in [5.41, 5.74) is 2.32. The summed E-state index contributed by atoms with van der Waals surface area (Å²) in [7, 11) is 0. The van der Waals surface area contributed by atoms with Crippen LogP contribution in [0.1, 0.15) is 15.9 Å². The Morgan fingerprint density at radius 3 is 2.86 bits per heavy atom. The second-order valence-corrected chi connectivity index (χ2v) is 6.41. The van der Waals surface area contributed by atoms with Crippen molar-refractivity contribution >= 4 is 39.1 Å². The molecule has 5 heteroatoms. The third-order valence-corrected chi connectivity index (χ3v) is 4.23. The van der Waals surface area contributed by atoms with Gasteiger partial charge in [0.15, 0.2) is 0 Å². The maximum atomic E-state index is 12.7. The zero-order valence-corrected chi connectivity index (χ0v) is 13.4. The van der Waals surface area contributed by atoms with Crippen LogP contribution in [-0.2, 0) is 6.42 Å². The summed E-state index contributed by atoms with van der Waals surface area (Å²) in [5.74, 6) is -0.153. The van der Waals surface area contributed by atoms with E-state index in [4.69, 9.17) is 11.6 Å². The van der Waals surface area contributed by atoms with Crippen LogP contribution >= 0.6 is 27.5 Å². The van der Waals surface area contributed by atoms with E-state index in [-0.39, 0.29) is 5.91 Å². The first-order valence-electron chi connectivity index (χ1n) is 6.58. The normalized spacial score (nSPS) is 17.5. The Labute approximate surface area is 136 Å². The molecule has 0 aliphatic carbocycles. The molecule has 0 fully saturated rings. The lowest BCUT2D eigenvalue weighted by molar-refractivity contribution is 0.0954. The Hall–Kier alpha value is -1.36. The molecular weight excluding hydrogens is 354 g/mol. The summed E-state index contributed by atoms with van der Waals surface area (Å²) in [5, 5.41) is 10.6. The molecule has 3 rings (SSSR count). The first kappa shape index (κ1) is 14.6. The van der Waals surface area contributed by atoms with Crippen LogP contribution in [0.2, 0.25) is 5.02 Å². The lowest BCUT2D eigenvalue weighted by atomic mass is 9.99. The van der Waals surface area contributed by atoms with Gasteiger partial charge in [-0.3, -0.25) is 4.79 Å². The lowest BCUT2D eigenvalue weighted by Gasteiger charge is -2.32. The van der Waals surface area contributed by atoms with Crippen molar-refractivity contribution in [1.82, 2.24) is 0 Å². The van der Waals surface area contributed by atoms with Crippen molar-refractivity contribution in [2.24, 2.45) is 0 Å². The SMILES string of the molecule is O=C(c1cccc(Cl)c1)N1CC(O)Cc2cc(Br)ccc21. The zero-order valence-electron chi connectivity index (χ0n) is 11.1. The van der Waals surface area contributed by atoms with Gasteiger partial charge in [0.1, 0.15) is 0 Å². The average molecular weight is 367 g/mol. The summed E-state index contributed by atoms with van der Waals surface area (Å²) in [4.78, 5) is 14.3. The molecule has 0 spiro atoms. The zero-order chi connectivity index (χ0) is 15.0. The Morgan fingerprint density at radius 1 is 1.29 bits per heavy atom. The number of carbonyl (C=O) groups excluding carboxylic acids is 1. The summed E-state index contributed by atoms with van der Waals surface area (Å²) in [6.07, 6.45) is -0.0105. The number of anilines is 1. The van der Waals surface area contributed by atoms with Crippen LogP contribution in [0.25, 0.3) is 0 Å². The average Bonchev–Trinajstić information content (AvgIpc) is 2.45. The smallest absolute Gasteiger partial charge is 0.258 e. The summed E-state index contributed by atoms with van der Waals surface area (Å²) in [6, 6.07) is 12.6. The monoisotopic (exact) mass is 365 g/mol. The van der Waals surface area contributed by atoms with Crippen LogP contribution in [0.3, 0.4) is 0 Å². The highest BCUT2D eigenvalue weighted by Gasteiger charge is 2.28. The summed E-state index contributed by atoms with van der Waals surface area (Å²) < 4.78 is 0.936. The van der Waals surface area contributed by atoms with E-state index in [9.17, 15) is 9.90 Å². The molecule has 0 saturated carbocycles. The fraction of sp³-hybridized carbons (Fsp3) is 0.188. The van der Waals surface area contributed by atoms with E-state index in [1.54, 1.807) is 29.2 Å². The summed E-state index contributed by atoms with van der Waals surface area (Å²) in [6.45, 7) is 0.292. The third-order valence-electron chi connectivity index (χ3n) is 3.50. The Bertz CT molecular complexity index is 704. The number of aliphatic hydroxyl groups excluding tert-OH is 1. The van der Waals surface area contributed by atoms with Crippen molar-refractivity contribution in [3.05, 3.63) is 63.1 Å². The van der Waals surface area contributed by atoms with Crippen LogP contribution < -0.4 is 4.90 Å². The van der Waals surface area contributed by atoms with Crippen LogP contribution in [0.15, 0.2) is 46.9 Å². The number of fused-ring (bicyclic) bond motifs is 1. The first-order valence-corrected chi connectivity index (χ1v) is 7.75. The number of aliphatic hydroxyl groups is 1. The molecule has 0 radical (unpaired) electrons. The molecule has 0 aromatic heterocycles. The molecule has 1 N–H and O–H groups in total. The number of halogens is 2. The van der Waals surface area contributed by atoms with E-state index in [0.717, 1.165) is 15.7 Å². The van der Waals surface area contributed by atoms with Gasteiger partial charge in [-0.2, -0.15) is 0 Å². The second kappa shape index (κ2) is 5.79. The van der Waals surface area contributed by atoms with Crippen molar-refractivity contribution < 1.29 is 9.90 Å². The minimum Gasteiger partial charge on any atom is -0.391 e. The number of hydrogen-bond acceptors (Lipinski definition) is 2. The molecule has 1 unspecified atom stereocenters. The number of carbonyl (C=O) groups is 1. The number of rotatable bonds is 1. The van der Waals surface area contributed by atoms with Crippen LogP contribution in [0, 0.1) is 0 Å². The van der Waals surface area contributed by atoms with E-state index in [1.807, 2.05) is 18.2 Å². The molecule has 0 bridgehead atoms. The van der Waals surface area contributed by atoms with Gasteiger partial charge >= 0.3 is 0 Å². The number of β-amino-alcohol motifs (C(OH)–C–C–N with tert-alkyl or cyclic N) is 1. The molecule has 1 atom stereocenters. The van der Waals surface area contributed by atoms with Gasteiger partial charge in [-0.25, -0.2) is 0 Å². The Kier molecular flexibility index (Phi) is 4.02. The van der Waals surface area contributed by atoms with E-state index >= 15 is 0 Å². The van der Waals surface area contributed by atoms with E-state index in [0.29, 0.717) is 23.6 Å². The van der Waals surface area contributed by atoms with E-state index < -0.39 is 6.10 Å². The molecule has 1 aliphatic rings. The van der Waals surface area contributed by atoms with E-state index in [1.165, 1.54) is 0 Å². The van der Waals surface area contributed by atoms with Crippen LogP contribution in [-0.4, -0.2) is 23.7 Å². The Balaban J connectivity index is 2.01. The van der Waals surface area contributed by atoms with Gasteiger partial charge in [-0.15, -0.1) is 0 Å². The van der Waals surface area contributed by atoms with Gasteiger partial charge in [0.25, 0.3) is 5.91 Å². The minimum atomic E-state index is -0.560. The van der Waals surface area contributed by atoms with Gasteiger partial charge in [-0.1, -0.05) is 33.6 Å². The molecule has 1 amide bonds. The topological polar surface area (TPSA) is 40.5 Å². The predicted molar refractivity (Wildman–Crippen MR) is 87.0 cm³/mol. The molecule has 108 valence electrons. The van der Waals surface area contributed by atoms with Crippen molar-refractivity contribution in [3.63, 3.8) is 0 Å². The minimum absolute atomic E-state index is 0.153. The van der Waals surface area contributed by atoms with Crippen LogP contribution in [0.5, 0.6) is 0 Å². The predicted octanol–water partition coefficient (Wildman–Crippen LogP) is 3.67. The standard InChI is InChI=1S/C16H13BrClNO2/c17-12-4-5-15-11(6-12)8-14(20)9-19(15)16(21)10-2-1-3-13(18)7-10/h1-7,14,20H,8-9H2. The highest BCUT2D eigenvalue weighted by Crippen LogP contribution is 2.31. The molecule has 1 heterocycles. The molecule has 1 aliphatic heterocycles. The van der Waals surface area contributed by atoms with Crippen LogP contribution in [0.4, 0.5) is 5.69 Å². The molecule has 0 saturated heterocycles. The summed E-state index contributed by atoms with van der Waals surface area (Å²) >= 11 is 9.37. The molecule has 2 aromatic carbocycles. The maximum absolute atomic E-state index is 12.7. The van der Waals surface area contributed by atoms with Gasteiger partial charge < -0.3 is 10.0 Å². The molecular formula is C16H13BrClNO2. The quantitative estimate of drug-likeness (QED) is 0.836. The van der Waals surface area contributed by atoms with Crippen molar-refractivity contribution in [3.8, 4) is 0 Å².